The van der Waals surface area contributed by atoms with Gasteiger partial charge in [0.2, 0.25) is 0 Å². The number of benzene rings is 1. The second-order valence-corrected chi connectivity index (χ2v) is 5.09. The fourth-order valence-electron chi connectivity index (χ4n) is 2.29. The predicted octanol–water partition coefficient (Wildman–Crippen LogP) is 3.78. The van der Waals surface area contributed by atoms with E-state index in [0.29, 0.717) is 5.15 Å². The number of hydrogen-bond acceptors (Lipinski definition) is 3. The van der Waals surface area contributed by atoms with Gasteiger partial charge in [-0.15, -0.1) is 0 Å². The Hall–Kier alpha value is -1.61. The number of aryl methyl sites for hydroxylation is 2. The van der Waals surface area contributed by atoms with Crippen molar-refractivity contribution in [3.05, 3.63) is 40.0 Å². The number of fused-ring (bicyclic) bond motifs is 1. The fourth-order valence-corrected chi connectivity index (χ4v) is 2.49. The number of halogens is 1. The van der Waals surface area contributed by atoms with Crippen LogP contribution in [0, 0.1) is 13.8 Å². The number of pyridine rings is 1. The van der Waals surface area contributed by atoms with Crippen LogP contribution in [0.5, 0.6) is 0 Å². The van der Waals surface area contributed by atoms with Crippen molar-refractivity contribution in [3.8, 4) is 0 Å². The molecule has 2 aromatic rings. The third-order valence-electron chi connectivity index (χ3n) is 3.39. The van der Waals surface area contributed by atoms with Crippen LogP contribution in [0.3, 0.4) is 0 Å². The van der Waals surface area contributed by atoms with Crippen molar-refractivity contribution in [2.45, 2.75) is 26.7 Å². The maximum atomic E-state index is 11.8. The first-order chi connectivity index (χ1) is 8.95. The number of hydrogen-bond donors (Lipinski definition) is 0. The van der Waals surface area contributed by atoms with E-state index in [0.717, 1.165) is 27.6 Å². The lowest BCUT2D eigenvalue weighted by molar-refractivity contribution is -0.141. The van der Waals surface area contributed by atoms with Crippen LogP contribution in [0.1, 0.15) is 29.5 Å². The number of methoxy groups -OCH3 is 1. The SMILES string of the molecule is COC(=O)C(C)c1cc(Cl)nc2c(C)ccc(C)c12. The molecule has 0 bridgehead atoms. The summed E-state index contributed by atoms with van der Waals surface area (Å²) < 4.78 is 4.82. The first-order valence-corrected chi connectivity index (χ1v) is 6.47. The maximum Gasteiger partial charge on any atom is 0.312 e. The molecule has 0 aliphatic rings. The van der Waals surface area contributed by atoms with E-state index < -0.39 is 0 Å². The lowest BCUT2D eigenvalue weighted by Crippen LogP contribution is -2.12. The second kappa shape index (κ2) is 5.17. The van der Waals surface area contributed by atoms with Gasteiger partial charge in [0.1, 0.15) is 5.15 Å². The van der Waals surface area contributed by atoms with Crippen molar-refractivity contribution < 1.29 is 9.53 Å². The number of rotatable bonds is 2. The number of carbonyl (C=O) groups is 1. The van der Waals surface area contributed by atoms with Crippen LogP contribution in [-0.4, -0.2) is 18.1 Å². The van der Waals surface area contributed by atoms with Crippen LogP contribution in [0.4, 0.5) is 0 Å². The van der Waals surface area contributed by atoms with E-state index in [9.17, 15) is 4.79 Å². The van der Waals surface area contributed by atoms with E-state index in [1.165, 1.54) is 7.11 Å². The minimum Gasteiger partial charge on any atom is -0.469 e. The smallest absolute Gasteiger partial charge is 0.312 e. The van der Waals surface area contributed by atoms with Crippen molar-refractivity contribution in [3.63, 3.8) is 0 Å². The zero-order valence-corrected chi connectivity index (χ0v) is 12.2. The molecule has 1 atom stereocenters. The van der Waals surface area contributed by atoms with Crippen molar-refractivity contribution in [1.82, 2.24) is 4.98 Å². The largest absolute Gasteiger partial charge is 0.469 e. The molecule has 3 nitrogen and oxygen atoms in total. The Kier molecular flexibility index (Phi) is 3.76. The average molecular weight is 278 g/mol. The molecule has 0 amide bonds. The van der Waals surface area contributed by atoms with Gasteiger partial charge in [-0.25, -0.2) is 4.98 Å². The normalized spacial score (nSPS) is 12.5. The van der Waals surface area contributed by atoms with E-state index in [1.54, 1.807) is 6.07 Å². The van der Waals surface area contributed by atoms with Gasteiger partial charge in [0.05, 0.1) is 18.5 Å². The van der Waals surface area contributed by atoms with Crippen LogP contribution in [0.15, 0.2) is 18.2 Å². The molecular weight excluding hydrogens is 262 g/mol. The molecule has 0 aliphatic heterocycles. The molecular formula is C15H16ClNO2. The summed E-state index contributed by atoms with van der Waals surface area (Å²) in [5.41, 5.74) is 3.83. The van der Waals surface area contributed by atoms with Gasteiger partial charge < -0.3 is 4.74 Å². The van der Waals surface area contributed by atoms with E-state index in [1.807, 2.05) is 32.9 Å². The third-order valence-corrected chi connectivity index (χ3v) is 3.58. The fraction of sp³-hybridized carbons (Fsp3) is 0.333. The highest BCUT2D eigenvalue weighted by molar-refractivity contribution is 6.30. The Morgan fingerprint density at radius 1 is 1.32 bits per heavy atom. The minimum atomic E-state index is -0.367. The number of esters is 1. The lowest BCUT2D eigenvalue weighted by atomic mass is 9.93. The standard InChI is InChI=1S/C15H16ClNO2/c1-8-5-6-9(2)14-13(8)11(7-12(16)17-14)10(3)15(18)19-4/h5-7,10H,1-4H3. The van der Waals surface area contributed by atoms with Crippen molar-refractivity contribution in [1.29, 1.82) is 0 Å². The molecule has 0 spiro atoms. The summed E-state index contributed by atoms with van der Waals surface area (Å²) in [7, 11) is 1.39. The van der Waals surface area contributed by atoms with Gasteiger partial charge in [0.25, 0.3) is 0 Å². The van der Waals surface area contributed by atoms with Gasteiger partial charge in [-0.05, 0) is 43.5 Å². The average Bonchev–Trinajstić information content (AvgIpc) is 2.40. The quantitative estimate of drug-likeness (QED) is 0.619. The Morgan fingerprint density at radius 3 is 2.58 bits per heavy atom. The molecule has 2 rings (SSSR count). The van der Waals surface area contributed by atoms with Crippen LogP contribution in [0.2, 0.25) is 5.15 Å². The Balaban J connectivity index is 2.80. The molecule has 19 heavy (non-hydrogen) atoms. The van der Waals surface area contributed by atoms with Crippen LogP contribution >= 0.6 is 11.6 Å². The molecule has 4 heteroatoms. The van der Waals surface area contributed by atoms with Gasteiger partial charge in [-0.3, -0.25) is 4.79 Å². The Labute approximate surface area is 117 Å². The highest BCUT2D eigenvalue weighted by Crippen LogP contribution is 2.31. The zero-order chi connectivity index (χ0) is 14.2. The predicted molar refractivity (Wildman–Crippen MR) is 76.7 cm³/mol. The monoisotopic (exact) mass is 277 g/mol. The summed E-state index contributed by atoms with van der Waals surface area (Å²) in [6, 6.07) is 5.78. The first kappa shape index (κ1) is 13.8. The number of carbonyl (C=O) groups excluding carboxylic acids is 1. The topological polar surface area (TPSA) is 39.2 Å². The Bertz CT molecular complexity index is 652. The minimum absolute atomic E-state index is 0.274. The highest BCUT2D eigenvalue weighted by atomic mass is 35.5. The van der Waals surface area contributed by atoms with E-state index in [4.69, 9.17) is 16.3 Å². The van der Waals surface area contributed by atoms with Gasteiger partial charge in [-0.2, -0.15) is 0 Å². The number of nitrogens with zero attached hydrogens (tertiary/aromatic N) is 1. The van der Waals surface area contributed by atoms with Gasteiger partial charge in [-0.1, -0.05) is 23.7 Å². The van der Waals surface area contributed by atoms with Crippen molar-refractivity contribution in [2.75, 3.05) is 7.11 Å². The molecule has 0 radical (unpaired) electrons. The van der Waals surface area contributed by atoms with E-state index in [2.05, 4.69) is 4.98 Å². The Morgan fingerprint density at radius 2 is 1.95 bits per heavy atom. The molecule has 1 aromatic heterocycles. The van der Waals surface area contributed by atoms with E-state index >= 15 is 0 Å². The second-order valence-electron chi connectivity index (χ2n) is 4.70. The molecule has 0 saturated carbocycles. The maximum absolute atomic E-state index is 11.8. The van der Waals surface area contributed by atoms with Crippen LogP contribution in [0.25, 0.3) is 10.9 Å². The van der Waals surface area contributed by atoms with Crippen molar-refractivity contribution in [2.24, 2.45) is 0 Å². The van der Waals surface area contributed by atoms with Crippen LogP contribution in [-0.2, 0) is 9.53 Å². The molecule has 1 heterocycles. The van der Waals surface area contributed by atoms with Crippen molar-refractivity contribution >= 4 is 28.5 Å². The highest BCUT2D eigenvalue weighted by Gasteiger charge is 2.21. The first-order valence-electron chi connectivity index (χ1n) is 6.10. The summed E-state index contributed by atoms with van der Waals surface area (Å²) in [6.07, 6.45) is 0. The molecule has 0 saturated heterocycles. The molecule has 100 valence electrons. The van der Waals surface area contributed by atoms with Crippen LogP contribution < -0.4 is 0 Å². The summed E-state index contributed by atoms with van der Waals surface area (Å²) in [6.45, 7) is 5.81. The molecule has 0 fully saturated rings. The molecule has 1 unspecified atom stereocenters. The summed E-state index contributed by atoms with van der Waals surface area (Å²) in [5.74, 6) is -0.641. The number of aromatic nitrogens is 1. The third kappa shape index (κ3) is 2.43. The van der Waals surface area contributed by atoms with Gasteiger partial charge >= 0.3 is 5.97 Å². The summed E-state index contributed by atoms with van der Waals surface area (Å²) in [4.78, 5) is 16.2. The molecule has 0 aliphatic carbocycles. The zero-order valence-electron chi connectivity index (χ0n) is 11.5. The molecule has 0 N–H and O–H groups in total. The summed E-state index contributed by atoms with van der Waals surface area (Å²) >= 11 is 6.08. The number of ether oxygens (including phenoxy) is 1. The van der Waals surface area contributed by atoms with Gasteiger partial charge in [0.15, 0.2) is 0 Å². The van der Waals surface area contributed by atoms with E-state index in [-0.39, 0.29) is 11.9 Å². The summed E-state index contributed by atoms with van der Waals surface area (Å²) in [5, 5.41) is 1.38. The van der Waals surface area contributed by atoms with Gasteiger partial charge in [0, 0.05) is 5.39 Å². The lowest BCUT2D eigenvalue weighted by Gasteiger charge is -2.15. The molecule has 1 aromatic carbocycles.